The Hall–Kier alpha value is 0.592. The molecule has 0 aromatic heterocycles. The summed E-state index contributed by atoms with van der Waals surface area (Å²) in [7, 11) is -1.87. The third-order valence-electron chi connectivity index (χ3n) is 2.20. The van der Waals surface area contributed by atoms with Crippen molar-refractivity contribution in [2.45, 2.75) is 32.1 Å². The minimum atomic E-state index is -1.87. The van der Waals surface area contributed by atoms with Crippen LogP contribution < -0.4 is 0 Å². The summed E-state index contributed by atoms with van der Waals surface area (Å²) in [6, 6.07) is 0. The summed E-state index contributed by atoms with van der Waals surface area (Å²) in [4.78, 5) is 8.52. The molecule has 1 rings (SSSR count). The second-order valence-electron chi connectivity index (χ2n) is 3.01. The van der Waals surface area contributed by atoms with E-state index in [2.05, 4.69) is 0 Å². The first-order valence-corrected chi connectivity index (χ1v) is 5.32. The molecular weight excluding hydrogens is 174 g/mol. The third kappa shape index (κ3) is 4.93. The summed E-state index contributed by atoms with van der Waals surface area (Å²) >= 11 is 0. The van der Waals surface area contributed by atoms with Crippen LogP contribution in [0.3, 0.4) is 0 Å². The standard InChI is InChI=1S/C7H13O2P.Al.3H/c8-10(9)6-5-7-3-1-2-4-7;;;;/h7H,1-6H2;;;;/p+1. The van der Waals surface area contributed by atoms with E-state index in [4.69, 9.17) is 4.89 Å². The monoisotopic (exact) mass is 191 g/mol. The first-order chi connectivity index (χ1) is 4.79. The normalized spacial score (nSPS) is 19.5. The molecule has 4 heteroatoms. The van der Waals surface area contributed by atoms with Crippen molar-refractivity contribution in [2.75, 3.05) is 6.16 Å². The molecule has 11 heavy (non-hydrogen) atoms. The zero-order chi connectivity index (χ0) is 7.40. The van der Waals surface area contributed by atoms with Crippen LogP contribution in [0.2, 0.25) is 0 Å². The fourth-order valence-corrected chi connectivity index (χ4v) is 2.18. The Morgan fingerprint density at radius 3 is 2.36 bits per heavy atom. The van der Waals surface area contributed by atoms with Crippen molar-refractivity contribution in [1.29, 1.82) is 0 Å². The quantitative estimate of drug-likeness (QED) is 0.536. The number of rotatable bonds is 3. The van der Waals surface area contributed by atoms with Gasteiger partial charge < -0.3 is 0 Å². The van der Waals surface area contributed by atoms with Gasteiger partial charge in [-0.3, -0.25) is 0 Å². The van der Waals surface area contributed by atoms with Gasteiger partial charge >= 0.3 is 8.03 Å². The van der Waals surface area contributed by atoms with Crippen LogP contribution in [0.4, 0.5) is 0 Å². The first kappa shape index (κ1) is 11.6. The molecule has 1 aliphatic carbocycles. The maximum atomic E-state index is 10.3. The number of hydrogen-bond donors (Lipinski definition) is 1. The van der Waals surface area contributed by atoms with Crippen molar-refractivity contribution < 1.29 is 9.46 Å². The molecule has 0 aliphatic heterocycles. The predicted octanol–water partition coefficient (Wildman–Crippen LogP) is 1.12. The molecule has 1 unspecified atom stereocenters. The molecule has 1 N–H and O–H groups in total. The average Bonchev–Trinajstić information content (AvgIpc) is 2.34. The van der Waals surface area contributed by atoms with Crippen LogP contribution in [0.5, 0.6) is 0 Å². The van der Waals surface area contributed by atoms with Gasteiger partial charge in [-0.05, 0) is 16.9 Å². The van der Waals surface area contributed by atoms with Gasteiger partial charge in [0.15, 0.2) is 23.5 Å². The zero-order valence-electron chi connectivity index (χ0n) is 6.12. The van der Waals surface area contributed by atoms with Gasteiger partial charge in [0.25, 0.3) is 0 Å². The van der Waals surface area contributed by atoms with Crippen molar-refractivity contribution in [1.82, 2.24) is 0 Å². The molecular formula is C7H17AlO2P+. The Bertz CT molecular complexity index is 124. The molecule has 0 saturated heterocycles. The molecule has 1 fully saturated rings. The van der Waals surface area contributed by atoms with Gasteiger partial charge in [-0.25, -0.2) is 0 Å². The van der Waals surface area contributed by atoms with Crippen molar-refractivity contribution in [3.8, 4) is 0 Å². The molecule has 0 bridgehead atoms. The van der Waals surface area contributed by atoms with Gasteiger partial charge in [0.05, 0.1) is 0 Å². The maximum Gasteiger partial charge on any atom is 0.505 e. The highest BCUT2D eigenvalue weighted by molar-refractivity contribution is 7.37. The Balaban J connectivity index is 0.000001000. The third-order valence-corrected chi connectivity index (χ3v) is 2.84. The summed E-state index contributed by atoms with van der Waals surface area (Å²) in [5.41, 5.74) is 0. The SMILES string of the molecule is O=[P+](O)CCC1CCCC1.[AlH3]. The lowest BCUT2D eigenvalue weighted by atomic mass is 10.1. The maximum absolute atomic E-state index is 10.3. The Kier molecular flexibility index (Phi) is 6.48. The van der Waals surface area contributed by atoms with E-state index in [1.807, 2.05) is 0 Å². The van der Waals surface area contributed by atoms with E-state index in [1.165, 1.54) is 25.7 Å². The minimum absolute atomic E-state index is 0. The van der Waals surface area contributed by atoms with Gasteiger partial charge in [-0.15, -0.1) is 0 Å². The lowest BCUT2D eigenvalue weighted by Gasteiger charge is -2.00. The molecule has 1 aliphatic rings. The van der Waals surface area contributed by atoms with E-state index in [1.54, 1.807) is 0 Å². The van der Waals surface area contributed by atoms with Crippen molar-refractivity contribution in [2.24, 2.45) is 5.92 Å². The van der Waals surface area contributed by atoms with Crippen molar-refractivity contribution >= 4 is 25.4 Å². The fraction of sp³-hybridized carbons (Fsp3) is 1.00. The summed E-state index contributed by atoms with van der Waals surface area (Å²) in [6.07, 6.45) is 6.69. The van der Waals surface area contributed by atoms with Crippen LogP contribution in [0.1, 0.15) is 32.1 Å². The van der Waals surface area contributed by atoms with E-state index >= 15 is 0 Å². The molecule has 0 heterocycles. The summed E-state index contributed by atoms with van der Waals surface area (Å²) in [6.45, 7) is 0. The van der Waals surface area contributed by atoms with Gasteiger partial charge in [-0.2, -0.15) is 4.89 Å². The van der Waals surface area contributed by atoms with Crippen LogP contribution >= 0.6 is 8.03 Å². The first-order valence-electron chi connectivity index (χ1n) is 3.92. The second-order valence-corrected chi connectivity index (χ2v) is 4.17. The van der Waals surface area contributed by atoms with Crippen molar-refractivity contribution in [3.63, 3.8) is 0 Å². The summed E-state index contributed by atoms with van der Waals surface area (Å²) in [5.74, 6) is 0.756. The van der Waals surface area contributed by atoms with Crippen LogP contribution in [0.15, 0.2) is 0 Å². The zero-order valence-corrected chi connectivity index (χ0v) is 7.02. The highest BCUT2D eigenvalue weighted by Crippen LogP contribution is 2.30. The molecule has 0 radical (unpaired) electrons. The van der Waals surface area contributed by atoms with Crippen molar-refractivity contribution in [3.05, 3.63) is 0 Å². The molecule has 1 saturated carbocycles. The van der Waals surface area contributed by atoms with Gasteiger partial charge in [-0.1, -0.05) is 25.7 Å². The molecule has 0 aromatic rings. The van der Waals surface area contributed by atoms with Gasteiger partial charge in [0.1, 0.15) is 0 Å². The molecule has 0 aromatic carbocycles. The molecule has 64 valence electrons. The summed E-state index contributed by atoms with van der Waals surface area (Å²) in [5, 5.41) is 0. The van der Waals surface area contributed by atoms with Crippen LogP contribution in [0.25, 0.3) is 0 Å². The van der Waals surface area contributed by atoms with E-state index < -0.39 is 8.03 Å². The van der Waals surface area contributed by atoms with Crippen LogP contribution in [-0.2, 0) is 4.57 Å². The van der Waals surface area contributed by atoms with E-state index in [0.717, 1.165) is 12.3 Å². The van der Waals surface area contributed by atoms with Gasteiger partial charge in [0, 0.05) is 0 Å². The largest absolute Gasteiger partial charge is 0.505 e. The molecule has 0 spiro atoms. The molecule has 1 atom stereocenters. The lowest BCUT2D eigenvalue weighted by Crippen LogP contribution is -1.94. The van der Waals surface area contributed by atoms with Crippen LogP contribution in [-0.4, -0.2) is 28.4 Å². The minimum Gasteiger partial charge on any atom is -0.161 e. The Morgan fingerprint density at radius 1 is 1.36 bits per heavy atom. The van der Waals surface area contributed by atoms with E-state index in [-0.39, 0.29) is 17.4 Å². The second kappa shape index (κ2) is 6.15. The topological polar surface area (TPSA) is 37.3 Å². The van der Waals surface area contributed by atoms with E-state index in [9.17, 15) is 4.57 Å². The van der Waals surface area contributed by atoms with Gasteiger partial charge in [0.2, 0.25) is 0 Å². The lowest BCUT2D eigenvalue weighted by molar-refractivity contribution is 0.481. The molecule has 2 nitrogen and oxygen atoms in total. The Morgan fingerprint density at radius 2 is 1.91 bits per heavy atom. The molecule has 0 amide bonds. The summed E-state index contributed by atoms with van der Waals surface area (Å²) < 4.78 is 10.3. The average molecular weight is 191 g/mol. The fourth-order valence-electron chi connectivity index (χ4n) is 1.59. The predicted molar refractivity (Wildman–Crippen MR) is 51.2 cm³/mol. The highest BCUT2D eigenvalue weighted by atomic mass is 31.1. The number of hydrogen-bond acceptors (Lipinski definition) is 1. The van der Waals surface area contributed by atoms with Crippen LogP contribution in [0, 0.1) is 5.92 Å². The smallest absolute Gasteiger partial charge is 0.161 e. The van der Waals surface area contributed by atoms with E-state index in [0.29, 0.717) is 6.16 Å². The highest BCUT2D eigenvalue weighted by Gasteiger charge is 2.19. The Labute approximate surface area is 79.4 Å².